The lowest BCUT2D eigenvalue weighted by Crippen LogP contribution is -2.39. The van der Waals surface area contributed by atoms with Crippen molar-refractivity contribution >= 4 is 5.97 Å². The minimum Gasteiger partial charge on any atom is -0.481 e. The Hall–Kier alpha value is -1.13. The van der Waals surface area contributed by atoms with Crippen molar-refractivity contribution in [3.05, 3.63) is 24.8 Å². The van der Waals surface area contributed by atoms with Crippen LogP contribution >= 0.6 is 0 Å². The van der Waals surface area contributed by atoms with Gasteiger partial charge in [-0.2, -0.15) is 0 Å². The van der Waals surface area contributed by atoms with Gasteiger partial charge in [-0.05, 0) is 12.0 Å². The molecule has 1 aliphatic rings. The molecule has 0 saturated carbocycles. The smallest absolute Gasteiger partial charge is 0.305 e. The Kier molecular flexibility index (Phi) is 3.43. The second kappa shape index (κ2) is 4.39. The van der Waals surface area contributed by atoms with Crippen LogP contribution in [-0.2, 0) is 9.53 Å². The number of hydrogen-bond donors (Lipinski definition) is 2. The van der Waals surface area contributed by atoms with E-state index in [1.165, 1.54) is 6.08 Å². The number of ether oxygens (including phenoxy) is 1. The van der Waals surface area contributed by atoms with Crippen LogP contribution in [0.4, 0.5) is 0 Å². The highest BCUT2D eigenvalue weighted by Gasteiger charge is 2.31. The fourth-order valence-corrected chi connectivity index (χ4v) is 1.49. The van der Waals surface area contributed by atoms with Gasteiger partial charge >= 0.3 is 5.97 Å². The largest absolute Gasteiger partial charge is 0.481 e. The Bertz CT molecular complexity index is 259. The Labute approximate surface area is 82.5 Å². The van der Waals surface area contributed by atoms with Crippen molar-refractivity contribution in [2.45, 2.75) is 31.2 Å². The number of aliphatic hydroxyl groups excluding tert-OH is 1. The quantitative estimate of drug-likeness (QED) is 0.656. The number of carbonyl (C=O) groups is 1. The Morgan fingerprint density at radius 2 is 2.36 bits per heavy atom. The Morgan fingerprint density at radius 1 is 1.71 bits per heavy atom. The van der Waals surface area contributed by atoms with Crippen LogP contribution in [0.2, 0.25) is 0 Å². The van der Waals surface area contributed by atoms with Crippen LogP contribution in [0.5, 0.6) is 0 Å². The van der Waals surface area contributed by atoms with E-state index < -0.39 is 24.3 Å². The summed E-state index contributed by atoms with van der Waals surface area (Å²) in [4.78, 5) is 10.5. The number of aliphatic carboxylic acids is 1. The van der Waals surface area contributed by atoms with E-state index in [1.807, 2.05) is 0 Å². The molecule has 14 heavy (non-hydrogen) atoms. The summed E-state index contributed by atoms with van der Waals surface area (Å²) in [6.45, 7) is 7.19. The molecule has 0 aromatic rings. The lowest BCUT2D eigenvalue weighted by molar-refractivity contribution is -0.143. The van der Waals surface area contributed by atoms with E-state index in [0.717, 1.165) is 0 Å². The first-order valence-electron chi connectivity index (χ1n) is 4.40. The standard InChI is InChI=1S/C10H14O4/c1-3-8-10(13)6(2)4-7(14-8)5-9(11)12/h3,7-8,10,13H,1-2,4-5H2,(H,11,12)/t7-,8?,10-/m0/s1. The van der Waals surface area contributed by atoms with Gasteiger partial charge in [0.2, 0.25) is 0 Å². The minimum atomic E-state index is -0.915. The highest BCUT2D eigenvalue weighted by Crippen LogP contribution is 2.25. The Balaban J connectivity index is 2.62. The van der Waals surface area contributed by atoms with Gasteiger partial charge in [0.05, 0.1) is 12.5 Å². The normalized spacial score (nSPS) is 32.6. The van der Waals surface area contributed by atoms with Crippen LogP contribution in [0, 0.1) is 0 Å². The third-order valence-electron chi connectivity index (χ3n) is 2.20. The maximum absolute atomic E-state index is 10.5. The zero-order valence-corrected chi connectivity index (χ0v) is 7.85. The molecule has 1 heterocycles. The number of rotatable bonds is 3. The third kappa shape index (κ3) is 2.43. The third-order valence-corrected chi connectivity index (χ3v) is 2.20. The van der Waals surface area contributed by atoms with Crippen molar-refractivity contribution in [3.8, 4) is 0 Å². The van der Waals surface area contributed by atoms with Crippen molar-refractivity contribution < 1.29 is 19.7 Å². The van der Waals surface area contributed by atoms with Gasteiger partial charge < -0.3 is 14.9 Å². The molecule has 0 spiro atoms. The summed E-state index contributed by atoms with van der Waals surface area (Å²) in [7, 11) is 0. The van der Waals surface area contributed by atoms with E-state index in [4.69, 9.17) is 9.84 Å². The predicted octanol–water partition coefficient (Wildman–Crippen LogP) is 0.722. The second-order valence-corrected chi connectivity index (χ2v) is 3.36. The number of hydrogen-bond acceptors (Lipinski definition) is 3. The molecule has 2 N–H and O–H groups in total. The maximum atomic E-state index is 10.5. The fraction of sp³-hybridized carbons (Fsp3) is 0.500. The first-order valence-corrected chi connectivity index (χ1v) is 4.40. The molecule has 1 rings (SSSR count). The molecule has 0 aromatic carbocycles. The summed E-state index contributed by atoms with van der Waals surface area (Å²) in [5, 5.41) is 18.1. The molecular formula is C10H14O4. The number of aliphatic hydroxyl groups is 1. The van der Waals surface area contributed by atoms with Gasteiger partial charge in [0.15, 0.2) is 0 Å². The molecule has 4 heteroatoms. The molecule has 0 radical (unpaired) electrons. The topological polar surface area (TPSA) is 66.8 Å². The molecule has 1 unspecified atom stereocenters. The molecule has 0 amide bonds. The van der Waals surface area contributed by atoms with Crippen molar-refractivity contribution in [1.82, 2.24) is 0 Å². The highest BCUT2D eigenvalue weighted by molar-refractivity contribution is 5.67. The van der Waals surface area contributed by atoms with Crippen LogP contribution in [0.15, 0.2) is 24.8 Å². The molecule has 0 aliphatic carbocycles. The lowest BCUT2D eigenvalue weighted by Gasteiger charge is -2.33. The summed E-state index contributed by atoms with van der Waals surface area (Å²) in [6.07, 6.45) is 0.0575. The van der Waals surface area contributed by atoms with Crippen molar-refractivity contribution in [1.29, 1.82) is 0 Å². The zero-order chi connectivity index (χ0) is 10.7. The van der Waals surface area contributed by atoms with Crippen molar-refractivity contribution in [3.63, 3.8) is 0 Å². The van der Waals surface area contributed by atoms with E-state index in [0.29, 0.717) is 12.0 Å². The van der Waals surface area contributed by atoms with Gasteiger partial charge in [-0.1, -0.05) is 12.7 Å². The minimum absolute atomic E-state index is 0.0733. The molecular weight excluding hydrogens is 184 g/mol. The summed E-state index contributed by atoms with van der Waals surface area (Å²) < 4.78 is 5.32. The second-order valence-electron chi connectivity index (χ2n) is 3.36. The fourth-order valence-electron chi connectivity index (χ4n) is 1.49. The number of carboxylic acids is 1. The first kappa shape index (κ1) is 10.9. The van der Waals surface area contributed by atoms with Crippen LogP contribution in [0.3, 0.4) is 0 Å². The van der Waals surface area contributed by atoms with Gasteiger partial charge in [0.25, 0.3) is 0 Å². The van der Waals surface area contributed by atoms with E-state index in [2.05, 4.69) is 13.2 Å². The van der Waals surface area contributed by atoms with Gasteiger partial charge in [0.1, 0.15) is 12.2 Å². The van der Waals surface area contributed by atoms with E-state index in [1.54, 1.807) is 0 Å². The van der Waals surface area contributed by atoms with Gasteiger partial charge in [-0.15, -0.1) is 6.58 Å². The Morgan fingerprint density at radius 3 is 2.86 bits per heavy atom. The summed E-state index contributed by atoms with van der Waals surface area (Å²) in [6, 6.07) is 0. The van der Waals surface area contributed by atoms with Crippen LogP contribution in [-0.4, -0.2) is 34.5 Å². The average Bonchev–Trinajstić information content (AvgIpc) is 2.10. The van der Waals surface area contributed by atoms with Crippen LogP contribution < -0.4 is 0 Å². The van der Waals surface area contributed by atoms with E-state index in [-0.39, 0.29) is 6.42 Å². The van der Waals surface area contributed by atoms with Gasteiger partial charge in [-0.25, -0.2) is 0 Å². The monoisotopic (exact) mass is 198 g/mol. The molecule has 3 atom stereocenters. The number of carboxylic acid groups (broad SMARTS) is 1. The van der Waals surface area contributed by atoms with Crippen LogP contribution in [0.1, 0.15) is 12.8 Å². The molecule has 0 bridgehead atoms. The summed E-state index contributed by atoms with van der Waals surface area (Å²) in [5.74, 6) is -0.915. The zero-order valence-electron chi connectivity index (χ0n) is 7.85. The molecule has 0 aromatic heterocycles. The van der Waals surface area contributed by atoms with Crippen LogP contribution in [0.25, 0.3) is 0 Å². The molecule has 1 aliphatic heterocycles. The summed E-state index contributed by atoms with van der Waals surface area (Å²) >= 11 is 0. The summed E-state index contributed by atoms with van der Waals surface area (Å²) in [5.41, 5.74) is 0.604. The van der Waals surface area contributed by atoms with Crippen molar-refractivity contribution in [2.24, 2.45) is 0 Å². The molecule has 78 valence electrons. The first-order chi connectivity index (χ1) is 6.54. The van der Waals surface area contributed by atoms with E-state index in [9.17, 15) is 9.90 Å². The molecule has 4 nitrogen and oxygen atoms in total. The van der Waals surface area contributed by atoms with Gasteiger partial charge in [-0.3, -0.25) is 4.79 Å². The SMILES string of the molecule is C=CC1O[C@H](CC(=O)O)CC(=C)[C@@H]1O. The average molecular weight is 198 g/mol. The molecule has 1 saturated heterocycles. The van der Waals surface area contributed by atoms with Crippen molar-refractivity contribution in [2.75, 3.05) is 0 Å². The molecule has 1 fully saturated rings. The lowest BCUT2D eigenvalue weighted by atomic mass is 9.95. The predicted molar refractivity (Wildman–Crippen MR) is 50.9 cm³/mol. The van der Waals surface area contributed by atoms with Gasteiger partial charge in [0, 0.05) is 0 Å². The van der Waals surface area contributed by atoms with E-state index >= 15 is 0 Å². The maximum Gasteiger partial charge on any atom is 0.305 e. The highest BCUT2D eigenvalue weighted by atomic mass is 16.5.